The van der Waals surface area contributed by atoms with Crippen LogP contribution in [0.15, 0.2) is 84.5 Å². The molecule has 0 unspecified atom stereocenters. The lowest BCUT2D eigenvalue weighted by Gasteiger charge is -2.36. The first kappa shape index (κ1) is 24.0. The molecule has 1 fully saturated rings. The van der Waals surface area contributed by atoms with E-state index in [0.717, 1.165) is 48.7 Å². The van der Waals surface area contributed by atoms with Gasteiger partial charge in [-0.3, -0.25) is 9.69 Å². The molecule has 0 aliphatic carbocycles. The summed E-state index contributed by atoms with van der Waals surface area (Å²) in [7, 11) is 0. The molecule has 0 atom stereocenters. The lowest BCUT2D eigenvalue weighted by molar-refractivity contribution is -0.123. The summed E-state index contributed by atoms with van der Waals surface area (Å²) in [4.78, 5) is 27.2. The molecular formula is C28H29N5O2S. The minimum Gasteiger partial charge on any atom is -0.483 e. The Morgan fingerprint density at radius 1 is 0.944 bits per heavy atom. The molecule has 0 bridgehead atoms. The second kappa shape index (κ2) is 11.8. The van der Waals surface area contributed by atoms with Crippen molar-refractivity contribution in [3.05, 3.63) is 94.9 Å². The van der Waals surface area contributed by atoms with Crippen LogP contribution in [0.4, 0.5) is 5.69 Å². The third-order valence-corrected chi connectivity index (χ3v) is 7.05. The number of amides is 1. The van der Waals surface area contributed by atoms with Crippen LogP contribution in [-0.4, -0.2) is 53.6 Å². The molecule has 0 saturated carbocycles. The van der Waals surface area contributed by atoms with Gasteiger partial charge in [-0.25, -0.2) is 9.97 Å². The van der Waals surface area contributed by atoms with Gasteiger partial charge in [-0.15, -0.1) is 11.3 Å². The maximum Gasteiger partial charge on any atom is 0.258 e. The van der Waals surface area contributed by atoms with Crippen molar-refractivity contribution >= 4 is 22.9 Å². The van der Waals surface area contributed by atoms with Crippen molar-refractivity contribution in [2.75, 3.05) is 37.7 Å². The second-order valence-electron chi connectivity index (χ2n) is 8.64. The zero-order valence-corrected chi connectivity index (χ0v) is 20.9. The Balaban J connectivity index is 1.25. The molecule has 1 aliphatic rings. The topological polar surface area (TPSA) is 70.6 Å². The van der Waals surface area contributed by atoms with Crippen LogP contribution in [0, 0.1) is 0 Å². The number of nitrogens with zero attached hydrogens (tertiary/aromatic N) is 4. The lowest BCUT2D eigenvalue weighted by atomic mass is 10.1. The van der Waals surface area contributed by atoms with Crippen molar-refractivity contribution in [1.82, 2.24) is 20.2 Å². The van der Waals surface area contributed by atoms with Gasteiger partial charge in [-0.2, -0.15) is 0 Å². The molecule has 2 aromatic carbocycles. The number of ether oxygens (including phenoxy) is 1. The predicted molar refractivity (Wildman–Crippen MR) is 143 cm³/mol. The van der Waals surface area contributed by atoms with Gasteiger partial charge >= 0.3 is 0 Å². The number of carbonyl (C=O) groups is 1. The smallest absolute Gasteiger partial charge is 0.258 e. The molecule has 3 heterocycles. The fraction of sp³-hybridized carbons (Fsp3) is 0.250. The van der Waals surface area contributed by atoms with Gasteiger partial charge < -0.3 is 15.0 Å². The summed E-state index contributed by atoms with van der Waals surface area (Å²) in [5, 5.41) is 4.93. The summed E-state index contributed by atoms with van der Waals surface area (Å²) in [5.41, 5.74) is 3.22. The van der Waals surface area contributed by atoms with Crippen LogP contribution in [-0.2, 0) is 17.9 Å². The number of aromatic nitrogens is 2. The van der Waals surface area contributed by atoms with Gasteiger partial charge in [0.2, 0.25) is 0 Å². The van der Waals surface area contributed by atoms with Gasteiger partial charge in [0.1, 0.15) is 5.75 Å². The second-order valence-corrected chi connectivity index (χ2v) is 9.67. The summed E-state index contributed by atoms with van der Waals surface area (Å²) in [6.45, 7) is 5.04. The standard InChI is InChI=1S/C28H29N5O2S/c34-27(31-19-25-8-4-17-36-25)21-35-26-10-9-22(28-29-11-5-12-30-28)18-23(26)20-32-13-15-33(16-14-32)24-6-2-1-3-7-24/h1-12,17-18H,13-16,19-21H2,(H,31,34). The summed E-state index contributed by atoms with van der Waals surface area (Å²) >= 11 is 1.62. The number of hydrogen-bond acceptors (Lipinski definition) is 7. The molecule has 184 valence electrons. The fourth-order valence-corrected chi connectivity index (χ4v) is 4.91. The Bertz CT molecular complexity index is 1240. The molecule has 8 heteroatoms. The molecule has 0 spiro atoms. The minimum absolute atomic E-state index is 0.0264. The number of nitrogens with one attached hydrogen (secondary N) is 1. The average Bonchev–Trinajstić information content (AvgIpc) is 3.46. The molecule has 0 radical (unpaired) electrons. The highest BCUT2D eigenvalue weighted by molar-refractivity contribution is 7.09. The molecule has 2 aromatic heterocycles. The van der Waals surface area contributed by atoms with Crippen LogP contribution < -0.4 is 15.0 Å². The average molecular weight is 500 g/mol. The van der Waals surface area contributed by atoms with Gasteiger partial charge in [0.15, 0.2) is 12.4 Å². The number of piperazine rings is 1. The van der Waals surface area contributed by atoms with E-state index < -0.39 is 0 Å². The van der Waals surface area contributed by atoms with E-state index in [4.69, 9.17) is 4.74 Å². The van der Waals surface area contributed by atoms with Crippen LogP contribution in [0.3, 0.4) is 0 Å². The molecule has 7 nitrogen and oxygen atoms in total. The van der Waals surface area contributed by atoms with Crippen molar-refractivity contribution in [2.45, 2.75) is 13.1 Å². The van der Waals surface area contributed by atoms with E-state index >= 15 is 0 Å². The lowest BCUT2D eigenvalue weighted by Crippen LogP contribution is -2.46. The number of anilines is 1. The molecule has 1 saturated heterocycles. The molecule has 5 rings (SSSR count). The van der Waals surface area contributed by atoms with Gasteiger partial charge in [-0.1, -0.05) is 24.3 Å². The number of carbonyl (C=O) groups excluding carboxylic acids is 1. The summed E-state index contributed by atoms with van der Waals surface area (Å²) in [6.07, 6.45) is 3.49. The highest BCUT2D eigenvalue weighted by atomic mass is 32.1. The quantitative estimate of drug-likeness (QED) is 0.372. The number of thiophene rings is 1. The van der Waals surface area contributed by atoms with Gasteiger partial charge in [0.25, 0.3) is 5.91 Å². The number of rotatable bonds is 9. The summed E-state index contributed by atoms with van der Waals surface area (Å²) in [6, 6.07) is 22.3. The van der Waals surface area contributed by atoms with E-state index in [2.05, 4.69) is 55.4 Å². The largest absolute Gasteiger partial charge is 0.483 e. The molecule has 1 amide bonds. The Morgan fingerprint density at radius 3 is 2.50 bits per heavy atom. The monoisotopic (exact) mass is 499 g/mol. The van der Waals surface area contributed by atoms with Crippen molar-refractivity contribution in [3.63, 3.8) is 0 Å². The van der Waals surface area contributed by atoms with Crippen molar-refractivity contribution in [2.24, 2.45) is 0 Å². The molecule has 1 N–H and O–H groups in total. The Hall–Kier alpha value is -3.75. The van der Waals surface area contributed by atoms with Crippen LogP contribution in [0.25, 0.3) is 11.4 Å². The molecular weight excluding hydrogens is 470 g/mol. The highest BCUT2D eigenvalue weighted by Gasteiger charge is 2.19. The van der Waals surface area contributed by atoms with E-state index in [1.165, 1.54) is 5.69 Å². The predicted octanol–water partition coefficient (Wildman–Crippen LogP) is 4.22. The Morgan fingerprint density at radius 2 is 1.75 bits per heavy atom. The van der Waals surface area contributed by atoms with E-state index in [1.54, 1.807) is 23.7 Å². The van der Waals surface area contributed by atoms with Crippen LogP contribution in [0.5, 0.6) is 5.75 Å². The Labute approximate surface area is 215 Å². The SMILES string of the molecule is O=C(COc1ccc(-c2ncccn2)cc1CN1CCN(c2ccccc2)CC1)NCc1cccs1. The first-order valence-electron chi connectivity index (χ1n) is 12.1. The minimum atomic E-state index is -0.138. The molecule has 1 aliphatic heterocycles. The third kappa shape index (κ3) is 6.27. The van der Waals surface area contributed by atoms with E-state index in [1.807, 2.05) is 41.8 Å². The first-order chi connectivity index (χ1) is 17.7. The van der Waals surface area contributed by atoms with Gasteiger partial charge in [0, 0.05) is 66.8 Å². The van der Waals surface area contributed by atoms with E-state index in [0.29, 0.717) is 18.1 Å². The zero-order chi connectivity index (χ0) is 24.6. The van der Waals surface area contributed by atoms with Crippen molar-refractivity contribution < 1.29 is 9.53 Å². The summed E-state index contributed by atoms with van der Waals surface area (Å²) < 4.78 is 6.01. The number of benzene rings is 2. The van der Waals surface area contributed by atoms with E-state index in [-0.39, 0.29) is 12.5 Å². The third-order valence-electron chi connectivity index (χ3n) is 6.17. The normalized spacial score (nSPS) is 13.9. The van der Waals surface area contributed by atoms with Crippen LogP contribution >= 0.6 is 11.3 Å². The van der Waals surface area contributed by atoms with Gasteiger partial charge in [0.05, 0.1) is 6.54 Å². The molecule has 4 aromatic rings. The highest BCUT2D eigenvalue weighted by Crippen LogP contribution is 2.27. The zero-order valence-electron chi connectivity index (χ0n) is 20.0. The van der Waals surface area contributed by atoms with Crippen molar-refractivity contribution in [3.8, 4) is 17.1 Å². The van der Waals surface area contributed by atoms with Crippen molar-refractivity contribution in [1.29, 1.82) is 0 Å². The summed E-state index contributed by atoms with van der Waals surface area (Å²) in [5.74, 6) is 1.25. The first-order valence-corrected chi connectivity index (χ1v) is 13.0. The van der Waals surface area contributed by atoms with Crippen LogP contribution in [0.1, 0.15) is 10.4 Å². The fourth-order valence-electron chi connectivity index (χ4n) is 4.27. The maximum atomic E-state index is 12.4. The van der Waals surface area contributed by atoms with Crippen LogP contribution in [0.2, 0.25) is 0 Å². The van der Waals surface area contributed by atoms with Gasteiger partial charge in [-0.05, 0) is 47.8 Å². The number of para-hydroxylation sites is 1. The van der Waals surface area contributed by atoms with E-state index in [9.17, 15) is 4.79 Å². The molecule has 36 heavy (non-hydrogen) atoms. The number of hydrogen-bond donors (Lipinski definition) is 1. The Kier molecular flexibility index (Phi) is 7.85. The maximum absolute atomic E-state index is 12.4.